The molecule has 3 heterocycles. The molecule has 10 heteroatoms. The van der Waals surface area contributed by atoms with Gasteiger partial charge in [0.1, 0.15) is 0 Å². The molecule has 1 N–H and O–H groups in total. The lowest BCUT2D eigenvalue weighted by atomic mass is 10.2. The van der Waals surface area contributed by atoms with Gasteiger partial charge in [0.2, 0.25) is 5.95 Å². The number of imidazole rings is 1. The van der Waals surface area contributed by atoms with Crippen LogP contribution in [0.2, 0.25) is 5.02 Å². The molecular weight excluding hydrogens is 420 g/mol. The third-order valence-corrected chi connectivity index (χ3v) is 6.04. The van der Waals surface area contributed by atoms with Crippen LogP contribution in [0, 0.1) is 0 Å². The number of halogens is 1. The van der Waals surface area contributed by atoms with Crippen LogP contribution in [-0.2, 0) is 25.4 Å². The molecule has 0 bridgehead atoms. The molecule has 0 saturated carbocycles. The molecule has 1 aromatic carbocycles. The van der Waals surface area contributed by atoms with Gasteiger partial charge in [-0.05, 0) is 24.6 Å². The van der Waals surface area contributed by atoms with Crippen molar-refractivity contribution in [2.45, 2.75) is 13.0 Å². The van der Waals surface area contributed by atoms with Crippen LogP contribution >= 0.6 is 11.6 Å². The molecule has 1 aliphatic heterocycles. The lowest BCUT2D eigenvalue weighted by Gasteiger charge is -2.26. The molecule has 1 fully saturated rings. The predicted molar refractivity (Wildman–Crippen MR) is 121 cm³/mol. The van der Waals surface area contributed by atoms with Crippen molar-refractivity contribution in [1.82, 2.24) is 23.6 Å². The third kappa shape index (κ3) is 4.39. The molecule has 4 rings (SSSR count). The Morgan fingerprint density at radius 3 is 2.61 bits per heavy atom. The minimum Gasteiger partial charge on any atom is -0.379 e. The molecule has 0 atom stereocenters. The van der Waals surface area contributed by atoms with Gasteiger partial charge in [-0.25, -0.2) is 4.79 Å². The zero-order valence-corrected chi connectivity index (χ0v) is 18.6. The number of hydrogen-bond acceptors (Lipinski definition) is 6. The molecular formula is C21H27ClN6O3. The molecule has 0 spiro atoms. The summed E-state index contributed by atoms with van der Waals surface area (Å²) in [7, 11) is 3.10. The average molecular weight is 447 g/mol. The summed E-state index contributed by atoms with van der Waals surface area (Å²) in [6.45, 7) is 5.47. The number of aryl methyl sites for hydroxylation is 1. The highest BCUT2D eigenvalue weighted by molar-refractivity contribution is 6.31. The van der Waals surface area contributed by atoms with Crippen molar-refractivity contribution in [2.24, 2.45) is 14.1 Å². The van der Waals surface area contributed by atoms with Gasteiger partial charge in [-0.3, -0.25) is 23.4 Å². The molecule has 0 unspecified atom stereocenters. The summed E-state index contributed by atoms with van der Waals surface area (Å²) >= 11 is 6.38. The van der Waals surface area contributed by atoms with Gasteiger partial charge in [-0.2, -0.15) is 4.98 Å². The SMILES string of the molecule is Cn1c(=O)c2c(nc(NCCCN3CCOCC3)n2Cc2ccccc2Cl)n(C)c1=O. The number of benzene rings is 1. The van der Waals surface area contributed by atoms with Gasteiger partial charge in [-0.15, -0.1) is 0 Å². The van der Waals surface area contributed by atoms with Gasteiger partial charge in [0.25, 0.3) is 5.56 Å². The number of hydrogen-bond donors (Lipinski definition) is 1. The summed E-state index contributed by atoms with van der Waals surface area (Å²) in [5.41, 5.74) is 0.824. The van der Waals surface area contributed by atoms with E-state index in [1.807, 2.05) is 28.8 Å². The van der Waals surface area contributed by atoms with Crippen molar-refractivity contribution < 1.29 is 4.74 Å². The molecule has 31 heavy (non-hydrogen) atoms. The lowest BCUT2D eigenvalue weighted by Crippen LogP contribution is -2.37. The lowest BCUT2D eigenvalue weighted by molar-refractivity contribution is 0.0378. The fourth-order valence-electron chi connectivity index (χ4n) is 3.86. The van der Waals surface area contributed by atoms with E-state index in [9.17, 15) is 9.59 Å². The number of anilines is 1. The highest BCUT2D eigenvalue weighted by Crippen LogP contribution is 2.22. The first-order chi connectivity index (χ1) is 15.0. The van der Waals surface area contributed by atoms with E-state index in [-0.39, 0.29) is 5.56 Å². The van der Waals surface area contributed by atoms with Crippen molar-refractivity contribution in [2.75, 3.05) is 44.7 Å². The molecule has 166 valence electrons. The first-order valence-electron chi connectivity index (χ1n) is 10.4. The van der Waals surface area contributed by atoms with Crippen LogP contribution in [0.5, 0.6) is 0 Å². The fraction of sp³-hybridized carbons (Fsp3) is 0.476. The van der Waals surface area contributed by atoms with Crippen molar-refractivity contribution >= 4 is 28.7 Å². The Hall–Kier alpha value is -2.62. The number of nitrogens with zero attached hydrogens (tertiary/aromatic N) is 5. The maximum atomic E-state index is 13.0. The Balaban J connectivity index is 1.65. The first kappa shape index (κ1) is 21.6. The molecule has 0 radical (unpaired) electrons. The maximum Gasteiger partial charge on any atom is 0.332 e. The second-order valence-electron chi connectivity index (χ2n) is 7.73. The van der Waals surface area contributed by atoms with Crippen molar-refractivity contribution in [3.63, 3.8) is 0 Å². The van der Waals surface area contributed by atoms with E-state index in [4.69, 9.17) is 16.3 Å². The average Bonchev–Trinajstić information content (AvgIpc) is 3.14. The van der Waals surface area contributed by atoms with Gasteiger partial charge in [-0.1, -0.05) is 29.8 Å². The van der Waals surface area contributed by atoms with E-state index < -0.39 is 5.69 Å². The van der Waals surface area contributed by atoms with E-state index >= 15 is 0 Å². The fourth-order valence-corrected chi connectivity index (χ4v) is 4.06. The molecule has 9 nitrogen and oxygen atoms in total. The van der Waals surface area contributed by atoms with Crippen molar-refractivity contribution in [1.29, 1.82) is 0 Å². The van der Waals surface area contributed by atoms with Crippen LogP contribution in [0.1, 0.15) is 12.0 Å². The Kier molecular flexibility index (Phi) is 6.45. The quantitative estimate of drug-likeness (QED) is 0.550. The maximum absolute atomic E-state index is 13.0. The molecule has 1 saturated heterocycles. The Morgan fingerprint density at radius 1 is 1.13 bits per heavy atom. The Labute approximate surface area is 184 Å². The monoisotopic (exact) mass is 446 g/mol. The van der Waals surface area contributed by atoms with Gasteiger partial charge in [0, 0.05) is 38.8 Å². The molecule has 0 amide bonds. The number of nitrogens with one attached hydrogen (secondary N) is 1. The van der Waals surface area contributed by atoms with Crippen LogP contribution in [0.4, 0.5) is 5.95 Å². The van der Waals surface area contributed by atoms with E-state index in [1.165, 1.54) is 11.6 Å². The highest BCUT2D eigenvalue weighted by Gasteiger charge is 2.20. The van der Waals surface area contributed by atoms with Crippen LogP contribution < -0.4 is 16.6 Å². The van der Waals surface area contributed by atoms with Gasteiger partial charge >= 0.3 is 5.69 Å². The third-order valence-electron chi connectivity index (χ3n) is 5.67. The smallest absolute Gasteiger partial charge is 0.332 e. The summed E-state index contributed by atoms with van der Waals surface area (Å²) in [5, 5.41) is 3.98. The van der Waals surface area contributed by atoms with Gasteiger partial charge in [0.05, 0.1) is 19.8 Å². The summed E-state index contributed by atoms with van der Waals surface area (Å²) < 4.78 is 9.71. The molecule has 3 aromatic rings. The predicted octanol–water partition coefficient (Wildman–Crippen LogP) is 1.27. The zero-order valence-electron chi connectivity index (χ0n) is 17.8. The first-order valence-corrected chi connectivity index (χ1v) is 10.8. The minimum atomic E-state index is -0.404. The molecule has 2 aromatic heterocycles. The largest absolute Gasteiger partial charge is 0.379 e. The van der Waals surface area contributed by atoms with Crippen molar-refractivity contribution in [3.05, 3.63) is 55.7 Å². The molecule has 1 aliphatic rings. The van der Waals surface area contributed by atoms with E-state index in [0.29, 0.717) is 35.2 Å². The number of rotatable bonds is 7. The summed E-state index contributed by atoms with van der Waals surface area (Å²) in [6, 6.07) is 7.51. The zero-order chi connectivity index (χ0) is 22.0. The number of aromatic nitrogens is 4. The number of ether oxygens (including phenoxy) is 1. The van der Waals surface area contributed by atoms with E-state index in [2.05, 4.69) is 15.2 Å². The van der Waals surface area contributed by atoms with Crippen LogP contribution in [0.15, 0.2) is 33.9 Å². The molecule has 0 aliphatic carbocycles. The number of morpholine rings is 1. The summed E-state index contributed by atoms with van der Waals surface area (Å²) in [6.07, 6.45) is 0.923. The Morgan fingerprint density at radius 2 is 1.87 bits per heavy atom. The minimum absolute atomic E-state index is 0.357. The van der Waals surface area contributed by atoms with Crippen molar-refractivity contribution in [3.8, 4) is 0 Å². The second kappa shape index (κ2) is 9.25. The van der Waals surface area contributed by atoms with Crippen LogP contribution in [0.3, 0.4) is 0 Å². The number of fused-ring (bicyclic) bond motifs is 1. The standard InChI is InChI=1S/C21H27ClN6O3/c1-25-18-17(19(29)26(2)21(25)30)28(14-15-6-3-4-7-16(15)22)20(24-18)23-8-5-9-27-10-12-31-13-11-27/h3-4,6-7H,5,8-14H2,1-2H3,(H,23,24). The highest BCUT2D eigenvalue weighted by atomic mass is 35.5. The summed E-state index contributed by atoms with van der Waals surface area (Å²) in [4.78, 5) is 32.3. The normalized spacial score (nSPS) is 14.9. The summed E-state index contributed by atoms with van der Waals surface area (Å²) in [5.74, 6) is 0.551. The second-order valence-corrected chi connectivity index (χ2v) is 8.13. The van der Waals surface area contributed by atoms with Crippen LogP contribution in [0.25, 0.3) is 11.2 Å². The van der Waals surface area contributed by atoms with E-state index in [0.717, 1.165) is 49.4 Å². The Bertz CT molecular complexity index is 1190. The van der Waals surface area contributed by atoms with Gasteiger partial charge in [0.15, 0.2) is 11.2 Å². The van der Waals surface area contributed by atoms with Crippen LogP contribution in [-0.4, -0.2) is 63.0 Å². The van der Waals surface area contributed by atoms with Gasteiger partial charge < -0.3 is 10.1 Å². The topological polar surface area (TPSA) is 86.3 Å². The van der Waals surface area contributed by atoms with E-state index in [1.54, 1.807) is 7.05 Å².